The van der Waals surface area contributed by atoms with E-state index in [2.05, 4.69) is 10.1 Å². The lowest BCUT2D eigenvalue weighted by atomic mass is 9.83. The second-order valence-electron chi connectivity index (χ2n) is 6.25. The van der Waals surface area contributed by atoms with Crippen LogP contribution in [-0.4, -0.2) is 37.5 Å². The Morgan fingerprint density at radius 2 is 1.83 bits per heavy atom. The Labute approximate surface area is 139 Å². The van der Waals surface area contributed by atoms with Crippen molar-refractivity contribution in [2.75, 3.05) is 0 Å². The fourth-order valence-corrected chi connectivity index (χ4v) is 2.27. The monoisotopic (exact) mass is 335 g/mol. The Kier molecular flexibility index (Phi) is 4.97. The van der Waals surface area contributed by atoms with Crippen LogP contribution in [0.25, 0.3) is 0 Å². The molecule has 0 aliphatic rings. The lowest BCUT2D eigenvalue weighted by Gasteiger charge is -2.26. The third-order valence-corrected chi connectivity index (χ3v) is 3.68. The number of halogens is 1. The van der Waals surface area contributed by atoms with Gasteiger partial charge in [-0.1, -0.05) is 32.4 Å². The quantitative estimate of drug-likeness (QED) is 0.848. The minimum absolute atomic E-state index is 0.329. The van der Waals surface area contributed by atoms with Crippen molar-refractivity contribution in [1.29, 1.82) is 0 Å². The van der Waals surface area contributed by atoms with Crippen molar-refractivity contribution in [1.82, 2.24) is 14.8 Å². The molecule has 0 saturated carbocycles. The van der Waals surface area contributed by atoms with Crippen LogP contribution in [0.15, 0.2) is 36.9 Å². The van der Waals surface area contributed by atoms with Gasteiger partial charge >= 0.3 is 0 Å². The average Bonchev–Trinajstić information content (AvgIpc) is 3.00. The summed E-state index contributed by atoms with van der Waals surface area (Å²) in [6.07, 6.45) is 1.02. The molecule has 122 valence electrons. The fourth-order valence-electron chi connectivity index (χ4n) is 2.14. The zero-order valence-corrected chi connectivity index (χ0v) is 13.9. The predicted molar refractivity (Wildman–Crippen MR) is 85.3 cm³/mol. The highest BCUT2D eigenvalue weighted by molar-refractivity contribution is 6.30. The minimum Gasteiger partial charge on any atom is -0.383 e. The Bertz CT molecular complexity index is 690. The number of Topliss-reactive ketones (excluding diaryl/α,β-unsaturated/α-hetero) is 2. The number of hydrogen-bond donors (Lipinski definition) is 1. The molecule has 2 unspecified atom stereocenters. The van der Waals surface area contributed by atoms with Crippen LogP contribution < -0.4 is 0 Å². The summed E-state index contributed by atoms with van der Waals surface area (Å²) in [4.78, 5) is 29.0. The van der Waals surface area contributed by atoms with Crippen molar-refractivity contribution in [2.24, 2.45) is 5.41 Å². The molecule has 0 bridgehead atoms. The Morgan fingerprint density at radius 1 is 1.22 bits per heavy atom. The van der Waals surface area contributed by atoms with Crippen molar-refractivity contribution in [3.8, 4) is 0 Å². The van der Waals surface area contributed by atoms with Gasteiger partial charge in [0.2, 0.25) is 0 Å². The maximum atomic E-state index is 12.8. The summed E-state index contributed by atoms with van der Waals surface area (Å²) in [6, 6.07) is 5.06. The molecule has 0 aliphatic heterocycles. The minimum atomic E-state index is -1.53. The Morgan fingerprint density at radius 3 is 2.30 bits per heavy atom. The highest BCUT2D eigenvalue weighted by Crippen LogP contribution is 2.25. The highest BCUT2D eigenvalue weighted by Gasteiger charge is 2.39. The molecule has 0 aliphatic carbocycles. The van der Waals surface area contributed by atoms with Gasteiger partial charge in [0.05, 0.1) is 0 Å². The first-order valence-corrected chi connectivity index (χ1v) is 7.46. The number of nitrogens with zero attached hydrogens (tertiary/aromatic N) is 3. The van der Waals surface area contributed by atoms with E-state index in [4.69, 9.17) is 11.6 Å². The molecule has 0 amide bonds. The molecule has 1 N–H and O–H groups in total. The van der Waals surface area contributed by atoms with Crippen LogP contribution in [0, 0.1) is 5.41 Å². The van der Waals surface area contributed by atoms with Crippen LogP contribution in [0.2, 0.25) is 5.02 Å². The van der Waals surface area contributed by atoms with Gasteiger partial charge in [0.1, 0.15) is 24.8 Å². The van der Waals surface area contributed by atoms with E-state index >= 15 is 0 Å². The third kappa shape index (κ3) is 3.83. The van der Waals surface area contributed by atoms with E-state index in [1.807, 2.05) is 0 Å². The lowest BCUT2D eigenvalue weighted by Crippen LogP contribution is -2.42. The van der Waals surface area contributed by atoms with Crippen LogP contribution >= 0.6 is 11.6 Å². The first kappa shape index (κ1) is 17.3. The number of aliphatic hydroxyl groups is 1. The number of benzene rings is 1. The molecule has 7 heteroatoms. The molecule has 1 heterocycles. The topological polar surface area (TPSA) is 85.1 Å². The van der Waals surface area contributed by atoms with Gasteiger partial charge in [0.25, 0.3) is 0 Å². The molecule has 1 aromatic carbocycles. The van der Waals surface area contributed by atoms with E-state index in [9.17, 15) is 14.7 Å². The number of rotatable bonds is 5. The average molecular weight is 336 g/mol. The van der Waals surface area contributed by atoms with E-state index in [0.717, 1.165) is 0 Å². The van der Waals surface area contributed by atoms with Crippen molar-refractivity contribution in [2.45, 2.75) is 32.9 Å². The zero-order chi connectivity index (χ0) is 17.2. The summed E-state index contributed by atoms with van der Waals surface area (Å²) in [5.74, 6) is -0.877. The van der Waals surface area contributed by atoms with Gasteiger partial charge < -0.3 is 5.11 Å². The van der Waals surface area contributed by atoms with Crippen LogP contribution in [0.5, 0.6) is 0 Å². The smallest absolute Gasteiger partial charge is 0.190 e. The summed E-state index contributed by atoms with van der Waals surface area (Å²) in [5.41, 5.74) is -0.464. The van der Waals surface area contributed by atoms with Gasteiger partial charge in [-0.2, -0.15) is 5.10 Å². The number of aliphatic hydroxyl groups excluding tert-OH is 1. The Hall–Kier alpha value is -2.05. The highest BCUT2D eigenvalue weighted by atomic mass is 35.5. The first-order chi connectivity index (χ1) is 10.7. The first-order valence-electron chi connectivity index (χ1n) is 7.08. The molecular formula is C16H18ClN3O3. The predicted octanol–water partition coefficient (Wildman–Crippen LogP) is 2.33. The van der Waals surface area contributed by atoms with Gasteiger partial charge in [0.15, 0.2) is 11.6 Å². The van der Waals surface area contributed by atoms with E-state index in [0.29, 0.717) is 10.6 Å². The summed E-state index contributed by atoms with van der Waals surface area (Å²) in [7, 11) is 0. The van der Waals surface area contributed by atoms with E-state index in [1.54, 1.807) is 45.0 Å². The normalized spacial score (nSPS) is 14.3. The molecule has 2 aromatic rings. The van der Waals surface area contributed by atoms with E-state index in [1.165, 1.54) is 17.3 Å². The van der Waals surface area contributed by atoms with Gasteiger partial charge in [-0.05, 0) is 24.3 Å². The molecule has 2 rings (SSSR count). The SMILES string of the molecule is CC(C)(C)C(=O)C(O)C(C(=O)c1ccc(Cl)cc1)n1cncn1. The van der Waals surface area contributed by atoms with Crippen LogP contribution in [0.1, 0.15) is 37.2 Å². The Balaban J connectivity index is 2.41. The number of ketones is 2. The molecule has 0 radical (unpaired) electrons. The molecule has 0 fully saturated rings. The van der Waals surface area contributed by atoms with Gasteiger partial charge in [0, 0.05) is 16.0 Å². The van der Waals surface area contributed by atoms with Crippen molar-refractivity contribution in [3.63, 3.8) is 0 Å². The van der Waals surface area contributed by atoms with Crippen molar-refractivity contribution < 1.29 is 14.7 Å². The molecule has 0 saturated heterocycles. The molecular weight excluding hydrogens is 318 g/mol. The van der Waals surface area contributed by atoms with Gasteiger partial charge in [-0.3, -0.25) is 9.59 Å². The van der Waals surface area contributed by atoms with Crippen molar-refractivity contribution >= 4 is 23.2 Å². The van der Waals surface area contributed by atoms with E-state index < -0.39 is 29.1 Å². The second kappa shape index (κ2) is 6.60. The molecule has 6 nitrogen and oxygen atoms in total. The molecule has 0 spiro atoms. The summed E-state index contributed by atoms with van der Waals surface area (Å²) in [6.45, 7) is 5.05. The van der Waals surface area contributed by atoms with Crippen molar-refractivity contribution in [3.05, 3.63) is 47.5 Å². The summed E-state index contributed by atoms with van der Waals surface area (Å²) < 4.78 is 1.20. The standard InChI is InChI=1S/C16H18ClN3O3/c1-16(2,3)15(23)14(22)12(20-9-18-8-19-20)13(21)10-4-6-11(17)7-5-10/h4-9,12,14,22H,1-3H3. The maximum Gasteiger partial charge on any atom is 0.190 e. The largest absolute Gasteiger partial charge is 0.383 e. The zero-order valence-electron chi connectivity index (χ0n) is 13.1. The maximum absolute atomic E-state index is 12.8. The number of carbonyl (C=O) groups excluding carboxylic acids is 2. The summed E-state index contributed by atoms with van der Waals surface area (Å²) in [5, 5.41) is 14.9. The van der Waals surface area contributed by atoms with Gasteiger partial charge in [-0.15, -0.1) is 0 Å². The molecule has 2 atom stereocenters. The van der Waals surface area contributed by atoms with E-state index in [-0.39, 0.29) is 0 Å². The van der Waals surface area contributed by atoms with Crippen LogP contribution in [0.3, 0.4) is 0 Å². The third-order valence-electron chi connectivity index (χ3n) is 3.43. The van der Waals surface area contributed by atoms with Gasteiger partial charge in [-0.25, -0.2) is 9.67 Å². The number of aromatic nitrogens is 3. The number of carbonyl (C=O) groups is 2. The van der Waals surface area contributed by atoms with Crippen LogP contribution in [-0.2, 0) is 4.79 Å². The molecule has 1 aromatic heterocycles. The van der Waals surface area contributed by atoms with Crippen LogP contribution in [0.4, 0.5) is 0 Å². The lowest BCUT2D eigenvalue weighted by molar-refractivity contribution is -0.136. The second-order valence-corrected chi connectivity index (χ2v) is 6.69. The molecule has 23 heavy (non-hydrogen) atoms. The summed E-state index contributed by atoms with van der Waals surface area (Å²) >= 11 is 5.83. The fraction of sp³-hybridized carbons (Fsp3) is 0.375. The number of hydrogen-bond acceptors (Lipinski definition) is 5.